The number of hydrogen-bond donors (Lipinski definition) is 2. The Morgan fingerprint density at radius 2 is 1.53 bits per heavy atom. The predicted molar refractivity (Wildman–Crippen MR) is 49.6 cm³/mol. The van der Waals surface area contributed by atoms with E-state index in [-0.39, 0.29) is 0 Å². The topological polar surface area (TPSA) is 49.7 Å². The lowest BCUT2D eigenvalue weighted by Crippen LogP contribution is -2.18. The quantitative estimate of drug-likeness (QED) is 0.626. The van der Waals surface area contributed by atoms with Crippen molar-refractivity contribution in [1.82, 2.24) is 0 Å². The summed E-state index contributed by atoms with van der Waals surface area (Å²) in [5.74, 6) is -7.80. The average molecular weight is 254 g/mol. The molecule has 1 aromatic rings. The first-order valence-electron chi connectivity index (χ1n) is 4.61. The fraction of sp³-hybridized carbons (Fsp3) is 0.400. The molecule has 0 aliphatic carbocycles. The van der Waals surface area contributed by atoms with Crippen molar-refractivity contribution in [2.75, 3.05) is 13.7 Å². The van der Waals surface area contributed by atoms with Gasteiger partial charge < -0.3 is 14.9 Å². The van der Waals surface area contributed by atoms with Gasteiger partial charge in [0.2, 0.25) is 11.6 Å². The normalized spacial score (nSPS) is 12.6. The first-order valence-corrected chi connectivity index (χ1v) is 4.61. The zero-order valence-corrected chi connectivity index (χ0v) is 8.81. The summed E-state index contributed by atoms with van der Waals surface area (Å²) in [5, 5.41) is 17.5. The number of aliphatic hydroxyl groups excluding tert-OH is 2. The third-order valence-corrected chi connectivity index (χ3v) is 2.17. The summed E-state index contributed by atoms with van der Waals surface area (Å²) in [7, 11) is 0.864. The Bertz CT molecular complexity index is 393. The Labute approximate surface area is 94.3 Å². The minimum Gasteiger partial charge on any atom is -0.491 e. The van der Waals surface area contributed by atoms with Crippen LogP contribution in [-0.2, 0) is 6.42 Å². The summed E-state index contributed by atoms with van der Waals surface area (Å²) in [6, 6.07) is 0. The van der Waals surface area contributed by atoms with Gasteiger partial charge in [0.1, 0.15) is 0 Å². The van der Waals surface area contributed by atoms with Crippen molar-refractivity contribution < 1.29 is 32.5 Å². The second-order valence-corrected chi connectivity index (χ2v) is 3.31. The molecule has 7 heteroatoms. The number of halogens is 4. The van der Waals surface area contributed by atoms with Gasteiger partial charge in [0.25, 0.3) is 0 Å². The minimum atomic E-state index is -1.67. The molecule has 1 aromatic carbocycles. The molecule has 2 N–H and O–H groups in total. The molecule has 0 saturated carbocycles. The Kier molecular flexibility index (Phi) is 4.30. The summed E-state index contributed by atoms with van der Waals surface area (Å²) in [6.45, 7) is -0.784. The van der Waals surface area contributed by atoms with E-state index < -0.39 is 53.7 Å². The zero-order chi connectivity index (χ0) is 13.2. The van der Waals surface area contributed by atoms with E-state index in [0.717, 1.165) is 7.11 Å². The van der Waals surface area contributed by atoms with Crippen LogP contribution in [0.25, 0.3) is 0 Å². The van der Waals surface area contributed by atoms with Crippen LogP contribution in [0.3, 0.4) is 0 Å². The highest BCUT2D eigenvalue weighted by molar-refractivity contribution is 5.34. The first kappa shape index (κ1) is 13.7. The molecule has 0 heterocycles. The van der Waals surface area contributed by atoms with Crippen LogP contribution in [0.4, 0.5) is 17.6 Å². The van der Waals surface area contributed by atoms with Crippen molar-refractivity contribution in [2.45, 2.75) is 12.5 Å². The number of benzene rings is 1. The van der Waals surface area contributed by atoms with Gasteiger partial charge in [0, 0.05) is 12.0 Å². The second kappa shape index (κ2) is 5.33. The highest BCUT2D eigenvalue weighted by Crippen LogP contribution is 2.30. The van der Waals surface area contributed by atoms with Crippen molar-refractivity contribution in [2.24, 2.45) is 0 Å². The maximum atomic E-state index is 13.3. The van der Waals surface area contributed by atoms with Gasteiger partial charge in [0.05, 0.1) is 19.8 Å². The molecule has 0 aliphatic heterocycles. The van der Waals surface area contributed by atoms with Crippen LogP contribution in [0, 0.1) is 23.3 Å². The fourth-order valence-corrected chi connectivity index (χ4v) is 1.32. The molecule has 1 rings (SSSR count). The standard InChI is InChI=1S/C10H10F4O3/c1-17-10-8(13)6(11)5(2-4(16)3-15)7(12)9(10)14/h4,15-16H,2-3H2,1H3/t4-/m1/s1. The molecule has 0 unspecified atom stereocenters. The van der Waals surface area contributed by atoms with Crippen LogP contribution in [0.2, 0.25) is 0 Å². The lowest BCUT2D eigenvalue weighted by atomic mass is 10.1. The van der Waals surface area contributed by atoms with Gasteiger partial charge in [-0.15, -0.1) is 0 Å². The third kappa shape index (κ3) is 2.50. The SMILES string of the molecule is COc1c(F)c(F)c(C[C@@H](O)CO)c(F)c1F. The van der Waals surface area contributed by atoms with E-state index in [4.69, 9.17) is 10.2 Å². The van der Waals surface area contributed by atoms with Crippen molar-refractivity contribution in [3.05, 3.63) is 28.8 Å². The van der Waals surface area contributed by atoms with E-state index in [0.29, 0.717) is 0 Å². The molecule has 0 aliphatic rings. The maximum absolute atomic E-state index is 13.3. The van der Waals surface area contributed by atoms with Crippen LogP contribution in [0.5, 0.6) is 5.75 Å². The summed E-state index contributed by atoms with van der Waals surface area (Å²) in [5.41, 5.74) is -0.970. The van der Waals surface area contributed by atoms with Crippen molar-refractivity contribution in [3.8, 4) is 5.75 Å². The van der Waals surface area contributed by atoms with Crippen molar-refractivity contribution >= 4 is 0 Å². The maximum Gasteiger partial charge on any atom is 0.204 e. The van der Waals surface area contributed by atoms with Crippen LogP contribution in [0.1, 0.15) is 5.56 Å². The molecule has 0 fully saturated rings. The molecule has 17 heavy (non-hydrogen) atoms. The minimum absolute atomic E-state index is 0.744. The van der Waals surface area contributed by atoms with E-state index in [1.54, 1.807) is 0 Å². The summed E-state index contributed by atoms with van der Waals surface area (Å²) in [4.78, 5) is 0. The van der Waals surface area contributed by atoms with Crippen LogP contribution < -0.4 is 4.74 Å². The smallest absolute Gasteiger partial charge is 0.204 e. The third-order valence-electron chi connectivity index (χ3n) is 2.17. The largest absolute Gasteiger partial charge is 0.491 e. The number of aliphatic hydroxyl groups is 2. The van der Waals surface area contributed by atoms with E-state index in [1.807, 2.05) is 0 Å². The number of ether oxygens (including phenoxy) is 1. The molecule has 0 aromatic heterocycles. The predicted octanol–water partition coefficient (Wildman–Crippen LogP) is 1.15. The van der Waals surface area contributed by atoms with Crippen LogP contribution in [0.15, 0.2) is 0 Å². The summed E-state index contributed by atoms with van der Waals surface area (Å²) < 4.78 is 57.3. The first-order chi connectivity index (χ1) is 7.93. The molecular weight excluding hydrogens is 244 g/mol. The Balaban J connectivity index is 3.32. The molecule has 1 atom stereocenters. The van der Waals surface area contributed by atoms with Gasteiger partial charge in [-0.05, 0) is 0 Å². The molecule has 3 nitrogen and oxygen atoms in total. The van der Waals surface area contributed by atoms with Crippen LogP contribution in [-0.4, -0.2) is 30.0 Å². The lowest BCUT2D eigenvalue weighted by molar-refractivity contribution is 0.0935. The van der Waals surface area contributed by atoms with Crippen molar-refractivity contribution in [3.63, 3.8) is 0 Å². The van der Waals surface area contributed by atoms with E-state index in [1.165, 1.54) is 0 Å². The monoisotopic (exact) mass is 254 g/mol. The van der Waals surface area contributed by atoms with Gasteiger partial charge in [0.15, 0.2) is 17.4 Å². The van der Waals surface area contributed by atoms with Gasteiger partial charge in [-0.1, -0.05) is 0 Å². The molecule has 0 radical (unpaired) electrons. The Morgan fingerprint density at radius 1 is 1.06 bits per heavy atom. The second-order valence-electron chi connectivity index (χ2n) is 3.31. The van der Waals surface area contributed by atoms with Crippen molar-refractivity contribution in [1.29, 1.82) is 0 Å². The molecule has 0 saturated heterocycles. The molecular formula is C10H10F4O3. The Morgan fingerprint density at radius 3 is 1.88 bits per heavy atom. The molecule has 0 amide bonds. The van der Waals surface area contributed by atoms with E-state index >= 15 is 0 Å². The summed E-state index contributed by atoms with van der Waals surface area (Å²) >= 11 is 0. The molecule has 96 valence electrons. The highest BCUT2D eigenvalue weighted by Gasteiger charge is 2.27. The molecule has 0 spiro atoms. The van der Waals surface area contributed by atoms with Gasteiger partial charge >= 0.3 is 0 Å². The zero-order valence-electron chi connectivity index (χ0n) is 8.81. The molecule has 0 bridgehead atoms. The van der Waals surface area contributed by atoms with E-state index in [9.17, 15) is 17.6 Å². The average Bonchev–Trinajstić information content (AvgIpc) is 2.32. The Hall–Kier alpha value is -1.34. The summed E-state index contributed by atoms with van der Waals surface area (Å²) in [6.07, 6.45) is -2.25. The van der Waals surface area contributed by atoms with Gasteiger partial charge in [-0.25, -0.2) is 8.78 Å². The highest BCUT2D eigenvalue weighted by atomic mass is 19.2. The number of methoxy groups -OCH3 is 1. The number of rotatable bonds is 4. The van der Waals surface area contributed by atoms with E-state index in [2.05, 4.69) is 4.74 Å². The van der Waals surface area contributed by atoms with Gasteiger partial charge in [-0.3, -0.25) is 0 Å². The fourth-order valence-electron chi connectivity index (χ4n) is 1.32. The van der Waals surface area contributed by atoms with Gasteiger partial charge in [-0.2, -0.15) is 8.78 Å². The number of hydrogen-bond acceptors (Lipinski definition) is 3. The lowest BCUT2D eigenvalue weighted by Gasteiger charge is -2.12. The van der Waals surface area contributed by atoms with Crippen LogP contribution >= 0.6 is 0 Å².